The van der Waals surface area contributed by atoms with Crippen molar-refractivity contribution in [2.24, 2.45) is 0 Å². The lowest BCUT2D eigenvalue weighted by Crippen LogP contribution is -2.46. The third-order valence-corrected chi connectivity index (χ3v) is 7.48. The van der Waals surface area contributed by atoms with Gasteiger partial charge in [0.05, 0.1) is 28.7 Å². The third-order valence-electron chi connectivity index (χ3n) is 5.57. The molecule has 0 N–H and O–H groups in total. The van der Waals surface area contributed by atoms with E-state index in [2.05, 4.69) is 18.9 Å². The minimum Gasteiger partial charge on any atom is -0.373 e. The zero-order valence-corrected chi connectivity index (χ0v) is 15.6. The standard InChI is InChI=1S/C18H25N3O3S/c1-3-20(2)16-12-18(24-14-16)8-10-21(11-9-18)25(22,23)17-6-4-15(13-19)5-7-17/h4-7,16H,3,8-12,14H2,1-2H3/t16-/m0/s1. The van der Waals surface area contributed by atoms with Crippen LogP contribution >= 0.6 is 0 Å². The van der Waals surface area contributed by atoms with Crippen LogP contribution in [-0.4, -0.2) is 62.6 Å². The number of rotatable bonds is 4. The minimum absolute atomic E-state index is 0.176. The van der Waals surface area contributed by atoms with Crippen molar-refractivity contribution in [2.75, 3.05) is 33.3 Å². The van der Waals surface area contributed by atoms with Crippen molar-refractivity contribution in [2.45, 2.75) is 42.7 Å². The summed E-state index contributed by atoms with van der Waals surface area (Å²) in [7, 11) is -1.40. The van der Waals surface area contributed by atoms with E-state index in [1.54, 1.807) is 16.4 Å². The highest BCUT2D eigenvalue weighted by molar-refractivity contribution is 7.89. The molecule has 1 aromatic carbocycles. The number of hydrogen-bond donors (Lipinski definition) is 0. The summed E-state index contributed by atoms with van der Waals surface area (Å²) in [4.78, 5) is 2.55. The van der Waals surface area contributed by atoms with Gasteiger partial charge in [-0.25, -0.2) is 8.42 Å². The normalized spacial score (nSPS) is 23.8. The van der Waals surface area contributed by atoms with Gasteiger partial charge in [0, 0.05) is 19.1 Å². The molecule has 0 aliphatic carbocycles. The molecule has 1 atom stereocenters. The maximum absolute atomic E-state index is 12.8. The second kappa shape index (κ2) is 7.04. The molecule has 0 unspecified atom stereocenters. The summed E-state index contributed by atoms with van der Waals surface area (Å²) in [5.41, 5.74) is 0.284. The van der Waals surface area contributed by atoms with E-state index in [1.807, 2.05) is 6.07 Å². The molecule has 0 amide bonds. The Morgan fingerprint density at radius 3 is 2.52 bits per heavy atom. The number of piperidine rings is 1. The highest BCUT2D eigenvalue weighted by Gasteiger charge is 2.45. The summed E-state index contributed by atoms with van der Waals surface area (Å²) in [6.07, 6.45) is 2.44. The molecule has 6 nitrogen and oxygen atoms in total. The average molecular weight is 363 g/mol. The minimum atomic E-state index is -3.51. The number of likely N-dealkylation sites (N-methyl/N-ethyl adjacent to an activating group) is 1. The van der Waals surface area contributed by atoms with Crippen molar-refractivity contribution in [1.82, 2.24) is 9.21 Å². The van der Waals surface area contributed by atoms with Gasteiger partial charge < -0.3 is 9.64 Å². The van der Waals surface area contributed by atoms with Crippen LogP contribution in [0.4, 0.5) is 0 Å². The van der Waals surface area contributed by atoms with E-state index in [4.69, 9.17) is 10.00 Å². The second-order valence-corrected chi connectivity index (χ2v) is 8.90. The molecule has 7 heteroatoms. The monoisotopic (exact) mass is 363 g/mol. The number of nitriles is 1. The van der Waals surface area contributed by atoms with Gasteiger partial charge in [-0.1, -0.05) is 6.92 Å². The highest BCUT2D eigenvalue weighted by Crippen LogP contribution is 2.38. The van der Waals surface area contributed by atoms with E-state index in [-0.39, 0.29) is 10.5 Å². The van der Waals surface area contributed by atoms with E-state index >= 15 is 0 Å². The number of hydrogen-bond acceptors (Lipinski definition) is 5. The van der Waals surface area contributed by atoms with Crippen molar-refractivity contribution in [3.8, 4) is 6.07 Å². The molecule has 0 aromatic heterocycles. The quantitative estimate of drug-likeness (QED) is 0.816. The lowest BCUT2D eigenvalue weighted by Gasteiger charge is -2.38. The first-order valence-corrected chi connectivity index (χ1v) is 10.2. The van der Waals surface area contributed by atoms with Crippen LogP contribution in [0.25, 0.3) is 0 Å². The third kappa shape index (κ3) is 3.58. The Morgan fingerprint density at radius 2 is 1.96 bits per heavy atom. The van der Waals surface area contributed by atoms with Crippen LogP contribution in [0.1, 0.15) is 31.7 Å². The molecular formula is C18H25N3O3S. The number of sulfonamides is 1. The fourth-order valence-electron chi connectivity index (χ4n) is 3.69. The molecule has 0 saturated carbocycles. The lowest BCUT2D eigenvalue weighted by molar-refractivity contribution is -0.0316. The van der Waals surface area contributed by atoms with Gasteiger partial charge in [0.15, 0.2) is 0 Å². The molecule has 2 aliphatic heterocycles. The molecule has 2 saturated heterocycles. The molecule has 0 bridgehead atoms. The number of nitrogens with zero attached hydrogens (tertiary/aromatic N) is 3. The average Bonchev–Trinajstić information content (AvgIpc) is 3.05. The van der Waals surface area contributed by atoms with E-state index in [9.17, 15) is 8.42 Å². The Bertz CT molecular complexity index is 747. The van der Waals surface area contributed by atoms with E-state index in [0.29, 0.717) is 24.7 Å². The molecule has 1 spiro atoms. The molecule has 25 heavy (non-hydrogen) atoms. The molecule has 0 radical (unpaired) electrons. The van der Waals surface area contributed by atoms with Crippen molar-refractivity contribution in [1.29, 1.82) is 5.26 Å². The van der Waals surface area contributed by atoms with Gasteiger partial charge in [-0.2, -0.15) is 9.57 Å². The first-order valence-electron chi connectivity index (χ1n) is 8.75. The maximum atomic E-state index is 12.8. The predicted molar refractivity (Wildman–Crippen MR) is 94.5 cm³/mol. The fraction of sp³-hybridized carbons (Fsp3) is 0.611. The predicted octanol–water partition coefficient (Wildman–Crippen LogP) is 1.82. The van der Waals surface area contributed by atoms with E-state index in [1.165, 1.54) is 12.1 Å². The van der Waals surface area contributed by atoms with E-state index in [0.717, 1.165) is 32.4 Å². The smallest absolute Gasteiger partial charge is 0.243 e. The Balaban J connectivity index is 1.66. The van der Waals surface area contributed by atoms with Gasteiger partial charge in [-0.3, -0.25) is 0 Å². The Hall–Kier alpha value is -1.46. The van der Waals surface area contributed by atoms with Crippen LogP contribution < -0.4 is 0 Å². The first-order chi connectivity index (χ1) is 11.9. The van der Waals surface area contributed by atoms with Crippen LogP contribution in [0.15, 0.2) is 29.2 Å². The Kier molecular flexibility index (Phi) is 5.16. The Labute approximate surface area is 150 Å². The molecule has 2 fully saturated rings. The molecule has 1 aromatic rings. The Morgan fingerprint density at radius 1 is 1.32 bits per heavy atom. The van der Waals surface area contributed by atoms with E-state index < -0.39 is 10.0 Å². The first kappa shape index (κ1) is 18.3. The maximum Gasteiger partial charge on any atom is 0.243 e. The van der Waals surface area contributed by atoms with Gasteiger partial charge in [-0.15, -0.1) is 0 Å². The van der Waals surface area contributed by atoms with Gasteiger partial charge in [0.1, 0.15) is 0 Å². The summed E-state index contributed by atoms with van der Waals surface area (Å²) in [5.74, 6) is 0. The summed E-state index contributed by atoms with van der Waals surface area (Å²) >= 11 is 0. The largest absolute Gasteiger partial charge is 0.373 e. The van der Waals surface area contributed by atoms with Crippen LogP contribution in [0, 0.1) is 11.3 Å². The van der Waals surface area contributed by atoms with Crippen molar-refractivity contribution >= 4 is 10.0 Å². The van der Waals surface area contributed by atoms with Crippen LogP contribution in [-0.2, 0) is 14.8 Å². The molecule has 2 heterocycles. The molecule has 136 valence electrons. The van der Waals surface area contributed by atoms with Crippen LogP contribution in [0.5, 0.6) is 0 Å². The van der Waals surface area contributed by atoms with Crippen LogP contribution in [0.3, 0.4) is 0 Å². The number of benzene rings is 1. The van der Waals surface area contributed by atoms with Crippen molar-refractivity contribution < 1.29 is 13.2 Å². The topological polar surface area (TPSA) is 73.6 Å². The van der Waals surface area contributed by atoms with Crippen LogP contribution in [0.2, 0.25) is 0 Å². The molecule has 2 aliphatic rings. The number of ether oxygens (including phenoxy) is 1. The van der Waals surface area contributed by atoms with Gasteiger partial charge in [0.25, 0.3) is 0 Å². The second-order valence-electron chi connectivity index (χ2n) is 6.97. The summed E-state index contributed by atoms with van der Waals surface area (Å²) in [5, 5.41) is 8.85. The highest BCUT2D eigenvalue weighted by atomic mass is 32.2. The SMILES string of the molecule is CCN(C)[C@@H]1COC2(CCN(S(=O)(=O)c3ccc(C#N)cc3)CC2)C1. The lowest BCUT2D eigenvalue weighted by atomic mass is 9.88. The molecular weight excluding hydrogens is 338 g/mol. The zero-order chi connectivity index (χ0) is 18.1. The summed E-state index contributed by atoms with van der Waals surface area (Å²) in [6, 6.07) is 8.54. The summed E-state index contributed by atoms with van der Waals surface area (Å²) in [6.45, 7) is 4.81. The van der Waals surface area contributed by atoms with Gasteiger partial charge in [0.2, 0.25) is 10.0 Å². The van der Waals surface area contributed by atoms with Gasteiger partial charge >= 0.3 is 0 Å². The van der Waals surface area contributed by atoms with Crippen molar-refractivity contribution in [3.05, 3.63) is 29.8 Å². The van der Waals surface area contributed by atoms with Gasteiger partial charge in [-0.05, 0) is 57.1 Å². The summed E-state index contributed by atoms with van der Waals surface area (Å²) < 4.78 is 33.3. The molecule has 3 rings (SSSR count). The zero-order valence-electron chi connectivity index (χ0n) is 14.8. The fourth-order valence-corrected chi connectivity index (χ4v) is 5.14. The van der Waals surface area contributed by atoms with Crippen molar-refractivity contribution in [3.63, 3.8) is 0 Å².